The maximum absolute atomic E-state index is 11.3. The van der Waals surface area contributed by atoms with Crippen LogP contribution in [0, 0.1) is 0 Å². The quantitative estimate of drug-likeness (QED) is 0.810. The third-order valence-electron chi connectivity index (χ3n) is 1.35. The van der Waals surface area contributed by atoms with Crippen LogP contribution in [0.2, 0.25) is 5.02 Å². The number of amides is 1. The van der Waals surface area contributed by atoms with Gasteiger partial charge < -0.3 is 10.4 Å². The van der Waals surface area contributed by atoms with Crippen LogP contribution in [0.3, 0.4) is 0 Å². The highest BCUT2D eigenvalue weighted by molar-refractivity contribution is 7.12. The molecule has 2 N–H and O–H groups in total. The Balaban J connectivity index is 2.49. The second-order valence-electron chi connectivity index (χ2n) is 2.69. The maximum atomic E-state index is 11.3. The van der Waals surface area contributed by atoms with Crippen LogP contribution in [0.1, 0.15) is 16.6 Å². The Bertz CT molecular complexity index is 298. The molecule has 72 valence electrons. The first kappa shape index (κ1) is 10.5. The van der Waals surface area contributed by atoms with Crippen LogP contribution in [0.25, 0.3) is 0 Å². The number of rotatable bonds is 3. The molecule has 0 bridgehead atoms. The molecule has 0 aliphatic rings. The molecule has 13 heavy (non-hydrogen) atoms. The number of thiophene rings is 1. The van der Waals surface area contributed by atoms with E-state index in [0.29, 0.717) is 9.90 Å². The zero-order valence-corrected chi connectivity index (χ0v) is 8.65. The second-order valence-corrected chi connectivity index (χ2v) is 4.04. The molecule has 0 fully saturated rings. The van der Waals surface area contributed by atoms with Gasteiger partial charge in [0.2, 0.25) is 0 Å². The van der Waals surface area contributed by atoms with Gasteiger partial charge in [-0.2, -0.15) is 0 Å². The van der Waals surface area contributed by atoms with Gasteiger partial charge in [0, 0.05) is 11.9 Å². The summed E-state index contributed by atoms with van der Waals surface area (Å²) in [5, 5.41) is 13.7. The molecule has 0 radical (unpaired) electrons. The van der Waals surface area contributed by atoms with E-state index in [4.69, 9.17) is 16.7 Å². The van der Waals surface area contributed by atoms with Crippen molar-refractivity contribution in [2.75, 3.05) is 6.54 Å². The monoisotopic (exact) mass is 219 g/mol. The molecule has 0 aliphatic heterocycles. The molecule has 1 rings (SSSR count). The number of hydrogen-bond donors (Lipinski definition) is 2. The Kier molecular flexibility index (Phi) is 3.71. The zero-order valence-electron chi connectivity index (χ0n) is 7.08. The Morgan fingerprint density at radius 1 is 1.85 bits per heavy atom. The number of aliphatic hydroxyl groups is 1. The molecule has 1 amide bonds. The fraction of sp³-hybridized carbons (Fsp3) is 0.375. The van der Waals surface area contributed by atoms with Crippen molar-refractivity contribution in [3.63, 3.8) is 0 Å². The van der Waals surface area contributed by atoms with Gasteiger partial charge in [0.25, 0.3) is 5.91 Å². The number of carbonyl (C=O) groups is 1. The van der Waals surface area contributed by atoms with Gasteiger partial charge in [0.1, 0.15) is 0 Å². The molecule has 0 saturated heterocycles. The fourth-order valence-electron chi connectivity index (χ4n) is 0.760. The van der Waals surface area contributed by atoms with E-state index in [9.17, 15) is 4.79 Å². The smallest absolute Gasteiger partial charge is 0.261 e. The van der Waals surface area contributed by atoms with E-state index < -0.39 is 6.10 Å². The molecule has 0 aromatic carbocycles. The number of nitrogens with one attached hydrogen (secondary N) is 1. The summed E-state index contributed by atoms with van der Waals surface area (Å²) in [5.74, 6) is -0.196. The molecular formula is C8H10ClNO2S. The van der Waals surface area contributed by atoms with Crippen molar-refractivity contribution in [3.8, 4) is 0 Å². The minimum Gasteiger partial charge on any atom is -0.392 e. The van der Waals surface area contributed by atoms with E-state index in [1.807, 2.05) is 0 Å². The van der Waals surface area contributed by atoms with Crippen molar-refractivity contribution in [3.05, 3.63) is 21.3 Å². The molecule has 5 heteroatoms. The number of hydrogen-bond acceptors (Lipinski definition) is 3. The van der Waals surface area contributed by atoms with Gasteiger partial charge in [-0.15, -0.1) is 11.3 Å². The molecule has 0 saturated carbocycles. The van der Waals surface area contributed by atoms with Gasteiger partial charge in [-0.05, 0) is 13.0 Å². The van der Waals surface area contributed by atoms with Crippen molar-refractivity contribution >= 4 is 28.8 Å². The van der Waals surface area contributed by atoms with Crippen LogP contribution in [0.5, 0.6) is 0 Å². The fourth-order valence-corrected chi connectivity index (χ4v) is 1.75. The van der Waals surface area contributed by atoms with E-state index in [1.54, 1.807) is 18.4 Å². The van der Waals surface area contributed by atoms with E-state index in [0.717, 1.165) is 0 Å². The minimum atomic E-state index is -0.528. The Hall–Kier alpha value is -0.580. The van der Waals surface area contributed by atoms with Crippen LogP contribution in [0.4, 0.5) is 0 Å². The molecule has 1 aromatic rings. The highest BCUT2D eigenvalue weighted by atomic mass is 35.5. The summed E-state index contributed by atoms with van der Waals surface area (Å²) in [6, 6.07) is 1.60. The number of halogens is 1. The minimum absolute atomic E-state index is 0.196. The average molecular weight is 220 g/mol. The lowest BCUT2D eigenvalue weighted by Gasteiger charge is -2.04. The van der Waals surface area contributed by atoms with Gasteiger partial charge in [-0.25, -0.2) is 0 Å². The Labute approximate surface area is 85.3 Å². The lowest BCUT2D eigenvalue weighted by atomic mass is 10.4. The van der Waals surface area contributed by atoms with Gasteiger partial charge in [-0.3, -0.25) is 4.79 Å². The van der Waals surface area contributed by atoms with Crippen molar-refractivity contribution in [2.45, 2.75) is 13.0 Å². The molecule has 1 aromatic heterocycles. The van der Waals surface area contributed by atoms with E-state index >= 15 is 0 Å². The van der Waals surface area contributed by atoms with Crippen molar-refractivity contribution in [2.24, 2.45) is 0 Å². The molecule has 0 spiro atoms. The number of aliphatic hydroxyl groups excluding tert-OH is 1. The molecule has 3 nitrogen and oxygen atoms in total. The highest BCUT2D eigenvalue weighted by Crippen LogP contribution is 2.18. The molecule has 0 unspecified atom stereocenters. The zero-order chi connectivity index (χ0) is 9.84. The average Bonchev–Trinajstić information content (AvgIpc) is 2.47. The topological polar surface area (TPSA) is 49.3 Å². The molecule has 1 atom stereocenters. The highest BCUT2D eigenvalue weighted by Gasteiger charge is 2.08. The van der Waals surface area contributed by atoms with Crippen molar-refractivity contribution < 1.29 is 9.90 Å². The lowest BCUT2D eigenvalue weighted by Crippen LogP contribution is -2.29. The summed E-state index contributed by atoms with van der Waals surface area (Å²) in [4.78, 5) is 11.9. The van der Waals surface area contributed by atoms with E-state index in [-0.39, 0.29) is 12.5 Å². The molecule has 0 aliphatic carbocycles. The first-order valence-corrected chi connectivity index (χ1v) is 5.05. The second kappa shape index (κ2) is 4.60. The van der Waals surface area contributed by atoms with Gasteiger partial charge >= 0.3 is 0 Å². The molecular weight excluding hydrogens is 210 g/mol. The van der Waals surface area contributed by atoms with Crippen LogP contribution in [0.15, 0.2) is 11.4 Å². The summed E-state index contributed by atoms with van der Waals surface area (Å²) < 4.78 is 0. The summed E-state index contributed by atoms with van der Waals surface area (Å²) in [6.45, 7) is 1.87. The van der Waals surface area contributed by atoms with Crippen LogP contribution in [-0.4, -0.2) is 23.7 Å². The first-order valence-electron chi connectivity index (χ1n) is 3.80. The predicted molar refractivity (Wildman–Crippen MR) is 53.3 cm³/mol. The van der Waals surface area contributed by atoms with Crippen LogP contribution < -0.4 is 5.32 Å². The largest absolute Gasteiger partial charge is 0.392 e. The van der Waals surface area contributed by atoms with Crippen LogP contribution >= 0.6 is 22.9 Å². The Morgan fingerprint density at radius 3 is 3.00 bits per heavy atom. The maximum Gasteiger partial charge on any atom is 0.261 e. The molecule has 1 heterocycles. The third kappa shape index (κ3) is 3.34. The summed E-state index contributed by atoms with van der Waals surface area (Å²) in [7, 11) is 0. The van der Waals surface area contributed by atoms with Crippen molar-refractivity contribution in [1.29, 1.82) is 0 Å². The summed E-state index contributed by atoms with van der Waals surface area (Å²) >= 11 is 6.93. The van der Waals surface area contributed by atoms with Gasteiger partial charge in [0.15, 0.2) is 0 Å². The van der Waals surface area contributed by atoms with E-state index in [1.165, 1.54) is 11.3 Å². The Morgan fingerprint density at radius 2 is 2.54 bits per heavy atom. The predicted octanol–water partition coefficient (Wildman–Crippen LogP) is 1.51. The van der Waals surface area contributed by atoms with Gasteiger partial charge in [0.05, 0.1) is 16.0 Å². The first-order chi connectivity index (χ1) is 6.09. The SMILES string of the molecule is C[C@@H](O)CNC(=O)c1cc(Cl)cs1. The standard InChI is InChI=1S/C8H10ClNO2S/c1-5(11)3-10-8(12)7-2-6(9)4-13-7/h2,4-5,11H,3H2,1H3,(H,10,12)/t5-/m1/s1. The number of carbonyl (C=O) groups excluding carboxylic acids is 1. The van der Waals surface area contributed by atoms with Crippen molar-refractivity contribution in [1.82, 2.24) is 5.32 Å². The lowest BCUT2D eigenvalue weighted by molar-refractivity contribution is 0.0928. The summed E-state index contributed by atoms with van der Waals surface area (Å²) in [6.07, 6.45) is -0.528. The van der Waals surface area contributed by atoms with Crippen LogP contribution in [-0.2, 0) is 0 Å². The summed E-state index contributed by atoms with van der Waals surface area (Å²) in [5.41, 5.74) is 0. The van der Waals surface area contributed by atoms with E-state index in [2.05, 4.69) is 5.32 Å². The third-order valence-corrected chi connectivity index (χ3v) is 2.63. The van der Waals surface area contributed by atoms with Gasteiger partial charge in [-0.1, -0.05) is 11.6 Å². The normalized spacial score (nSPS) is 12.5.